The van der Waals surface area contributed by atoms with Crippen molar-refractivity contribution in [2.75, 3.05) is 6.54 Å². The van der Waals surface area contributed by atoms with Crippen LogP contribution in [0, 0.1) is 0 Å². The lowest BCUT2D eigenvalue weighted by Crippen LogP contribution is -2.24. The second-order valence-corrected chi connectivity index (χ2v) is 10.8. The molecule has 1 aliphatic carbocycles. The predicted molar refractivity (Wildman–Crippen MR) is 135 cm³/mol. The van der Waals surface area contributed by atoms with Crippen LogP contribution in [0.25, 0.3) is 10.4 Å². The van der Waals surface area contributed by atoms with Crippen LogP contribution in [0.2, 0.25) is 0 Å². The van der Waals surface area contributed by atoms with Gasteiger partial charge in [0, 0.05) is 30.8 Å². The van der Waals surface area contributed by atoms with Crippen molar-refractivity contribution in [3.05, 3.63) is 70.9 Å². The number of rotatable bonds is 9. The van der Waals surface area contributed by atoms with Gasteiger partial charge in [-0.05, 0) is 30.0 Å². The van der Waals surface area contributed by atoms with E-state index in [1.165, 1.54) is 37.1 Å². The number of thiazole rings is 1. The molecule has 2 aromatic carbocycles. The maximum atomic E-state index is 13.0. The van der Waals surface area contributed by atoms with Gasteiger partial charge in [0.1, 0.15) is 11.0 Å². The van der Waals surface area contributed by atoms with Gasteiger partial charge in [0.2, 0.25) is 5.91 Å². The number of carbonyl (C=O) groups is 1. The minimum Gasteiger partial charge on any atom is -0.352 e. The zero-order chi connectivity index (χ0) is 23.0. The topological polar surface area (TPSA) is 71.1 Å². The van der Waals surface area contributed by atoms with Crippen molar-refractivity contribution in [3.63, 3.8) is 0 Å². The molecule has 3 aromatic rings. The SMILES string of the molecule is CCNS(=O)c1cc(CC(=O)NCc2ccccc2)ccc1-c1cnc(C2CCCCC2)s1. The van der Waals surface area contributed by atoms with Gasteiger partial charge < -0.3 is 5.32 Å². The van der Waals surface area contributed by atoms with E-state index in [0.29, 0.717) is 23.9 Å². The maximum Gasteiger partial charge on any atom is 0.224 e. The van der Waals surface area contributed by atoms with E-state index in [9.17, 15) is 9.00 Å². The highest BCUT2D eigenvalue weighted by Gasteiger charge is 2.21. The summed E-state index contributed by atoms with van der Waals surface area (Å²) < 4.78 is 16.0. The summed E-state index contributed by atoms with van der Waals surface area (Å²) in [5.41, 5.74) is 2.85. The summed E-state index contributed by atoms with van der Waals surface area (Å²) in [5, 5.41) is 4.16. The zero-order valence-electron chi connectivity index (χ0n) is 19.0. The lowest BCUT2D eigenvalue weighted by Gasteiger charge is -2.18. The van der Waals surface area contributed by atoms with Gasteiger partial charge >= 0.3 is 0 Å². The third-order valence-electron chi connectivity index (χ3n) is 5.96. The van der Waals surface area contributed by atoms with Crippen molar-refractivity contribution >= 4 is 28.2 Å². The third kappa shape index (κ3) is 6.37. The predicted octanol–water partition coefficient (Wildman–Crippen LogP) is 5.35. The van der Waals surface area contributed by atoms with Crippen LogP contribution in [0.5, 0.6) is 0 Å². The average Bonchev–Trinajstić information content (AvgIpc) is 3.34. The number of hydrogen-bond acceptors (Lipinski definition) is 4. The summed E-state index contributed by atoms with van der Waals surface area (Å²) in [5.74, 6) is 0.497. The standard InChI is InChI=1S/C26H31N3O2S2/c1-2-29-33(31)24-15-20(16-25(30)27-17-19-9-5-3-6-10-19)13-14-22(24)23-18-28-26(32-23)21-11-7-4-8-12-21/h3,5-6,9-10,13-15,18,21,29H,2,4,7-8,11-12,16-17H2,1H3,(H,27,30). The van der Waals surface area contributed by atoms with Gasteiger partial charge in [-0.2, -0.15) is 0 Å². The molecule has 7 heteroatoms. The van der Waals surface area contributed by atoms with Crippen LogP contribution in [-0.2, 0) is 28.7 Å². The lowest BCUT2D eigenvalue weighted by atomic mass is 9.90. The number of carbonyl (C=O) groups excluding carboxylic acids is 1. The molecule has 1 aromatic heterocycles. The number of hydrogen-bond donors (Lipinski definition) is 2. The summed E-state index contributed by atoms with van der Waals surface area (Å²) in [7, 11) is -1.35. The Bertz CT molecular complexity index is 1090. The van der Waals surface area contributed by atoms with E-state index in [4.69, 9.17) is 4.98 Å². The molecular weight excluding hydrogens is 450 g/mol. The Balaban J connectivity index is 1.51. The van der Waals surface area contributed by atoms with E-state index < -0.39 is 11.0 Å². The molecule has 4 rings (SSSR count). The Hall–Kier alpha value is -2.35. The fourth-order valence-electron chi connectivity index (χ4n) is 4.24. The Morgan fingerprint density at radius 3 is 2.64 bits per heavy atom. The Morgan fingerprint density at radius 2 is 1.88 bits per heavy atom. The molecule has 33 heavy (non-hydrogen) atoms. The lowest BCUT2D eigenvalue weighted by molar-refractivity contribution is -0.120. The second-order valence-electron chi connectivity index (χ2n) is 8.43. The Morgan fingerprint density at radius 1 is 1.09 bits per heavy atom. The number of nitrogens with zero attached hydrogens (tertiary/aromatic N) is 1. The maximum absolute atomic E-state index is 13.0. The first kappa shape index (κ1) is 23.8. The van der Waals surface area contributed by atoms with Crippen LogP contribution < -0.4 is 10.0 Å². The minimum absolute atomic E-state index is 0.0517. The first-order valence-corrected chi connectivity index (χ1v) is 13.7. The average molecular weight is 482 g/mol. The van der Waals surface area contributed by atoms with Crippen molar-refractivity contribution in [2.24, 2.45) is 0 Å². The third-order valence-corrected chi connectivity index (χ3v) is 8.44. The largest absolute Gasteiger partial charge is 0.352 e. The van der Waals surface area contributed by atoms with E-state index >= 15 is 0 Å². The van der Waals surface area contributed by atoms with Crippen molar-refractivity contribution in [1.82, 2.24) is 15.0 Å². The normalized spacial score (nSPS) is 15.3. The van der Waals surface area contributed by atoms with E-state index in [1.54, 1.807) is 11.3 Å². The highest BCUT2D eigenvalue weighted by Crippen LogP contribution is 2.39. The molecule has 1 amide bonds. The molecule has 1 aliphatic rings. The smallest absolute Gasteiger partial charge is 0.224 e. The molecule has 1 heterocycles. The molecule has 1 fully saturated rings. The molecule has 5 nitrogen and oxygen atoms in total. The van der Waals surface area contributed by atoms with Gasteiger partial charge in [0.05, 0.1) is 21.2 Å². The Labute approximate surface area is 202 Å². The number of amides is 1. The van der Waals surface area contributed by atoms with Gasteiger partial charge in [-0.25, -0.2) is 13.9 Å². The van der Waals surface area contributed by atoms with Gasteiger partial charge in [0.25, 0.3) is 0 Å². The molecule has 174 valence electrons. The van der Waals surface area contributed by atoms with Gasteiger partial charge in [0.15, 0.2) is 0 Å². The molecular formula is C26H31N3O2S2. The first-order chi connectivity index (χ1) is 16.1. The highest BCUT2D eigenvalue weighted by atomic mass is 32.2. The van der Waals surface area contributed by atoms with Crippen LogP contribution >= 0.6 is 11.3 Å². The molecule has 0 aliphatic heterocycles. The second kappa shape index (κ2) is 11.7. The summed E-state index contributed by atoms with van der Waals surface area (Å²) in [6.07, 6.45) is 8.45. The molecule has 0 saturated heterocycles. The van der Waals surface area contributed by atoms with Gasteiger partial charge in [-0.1, -0.05) is 68.7 Å². The van der Waals surface area contributed by atoms with E-state index in [-0.39, 0.29) is 12.3 Å². The molecule has 0 radical (unpaired) electrons. The Kier molecular flexibility index (Phi) is 8.42. The van der Waals surface area contributed by atoms with Crippen LogP contribution in [0.3, 0.4) is 0 Å². The van der Waals surface area contributed by atoms with E-state index in [0.717, 1.165) is 21.6 Å². The monoisotopic (exact) mass is 481 g/mol. The molecule has 0 spiro atoms. The number of aromatic nitrogens is 1. The fourth-order valence-corrected chi connectivity index (χ4v) is 6.48. The highest BCUT2D eigenvalue weighted by molar-refractivity contribution is 7.83. The van der Waals surface area contributed by atoms with Gasteiger partial charge in [-0.15, -0.1) is 11.3 Å². The first-order valence-electron chi connectivity index (χ1n) is 11.7. The fraction of sp³-hybridized carbons (Fsp3) is 0.385. The van der Waals surface area contributed by atoms with Crippen molar-refractivity contribution in [3.8, 4) is 10.4 Å². The molecule has 0 bridgehead atoms. The van der Waals surface area contributed by atoms with E-state index in [1.807, 2.05) is 61.7 Å². The van der Waals surface area contributed by atoms with Gasteiger partial charge in [-0.3, -0.25) is 4.79 Å². The van der Waals surface area contributed by atoms with E-state index in [2.05, 4.69) is 10.0 Å². The molecule has 1 atom stereocenters. The molecule has 2 N–H and O–H groups in total. The van der Waals surface area contributed by atoms with Crippen molar-refractivity contribution < 1.29 is 9.00 Å². The minimum atomic E-state index is -1.35. The molecule has 1 unspecified atom stereocenters. The zero-order valence-corrected chi connectivity index (χ0v) is 20.6. The van der Waals surface area contributed by atoms with Crippen molar-refractivity contribution in [1.29, 1.82) is 0 Å². The summed E-state index contributed by atoms with van der Waals surface area (Å²) in [4.78, 5) is 19.0. The van der Waals surface area contributed by atoms with Crippen LogP contribution in [-0.4, -0.2) is 21.6 Å². The number of nitrogens with one attached hydrogen (secondary N) is 2. The summed E-state index contributed by atoms with van der Waals surface area (Å²) in [6, 6.07) is 15.7. The quantitative estimate of drug-likeness (QED) is 0.433. The van der Waals surface area contributed by atoms with Crippen molar-refractivity contribution in [2.45, 2.75) is 62.8 Å². The van der Waals surface area contributed by atoms with Crippen LogP contribution in [0.15, 0.2) is 59.6 Å². The van der Waals surface area contributed by atoms with Crippen LogP contribution in [0.1, 0.15) is 61.1 Å². The van der Waals surface area contributed by atoms with Crippen LogP contribution in [0.4, 0.5) is 0 Å². The summed E-state index contributed by atoms with van der Waals surface area (Å²) in [6.45, 7) is 3.04. The number of benzene rings is 2. The summed E-state index contributed by atoms with van der Waals surface area (Å²) >= 11 is 1.72. The molecule has 1 saturated carbocycles.